The van der Waals surface area contributed by atoms with Crippen LogP contribution in [0.5, 0.6) is 0 Å². The van der Waals surface area contributed by atoms with Crippen LogP contribution < -0.4 is 0 Å². The third kappa shape index (κ3) is 3.32. The summed E-state index contributed by atoms with van der Waals surface area (Å²) in [6.45, 7) is 5.40. The molecule has 1 aliphatic rings. The molecular formula is C12H21NO. The Morgan fingerprint density at radius 3 is 2.57 bits per heavy atom. The Morgan fingerprint density at radius 1 is 1.43 bits per heavy atom. The van der Waals surface area contributed by atoms with Crippen molar-refractivity contribution in [3.63, 3.8) is 0 Å². The number of nitrogens with zero attached hydrogens (tertiary/aromatic N) is 1. The molecule has 0 unspecified atom stereocenters. The number of terminal acetylenes is 1. The molecule has 1 aliphatic heterocycles. The van der Waals surface area contributed by atoms with Gasteiger partial charge in [0.2, 0.25) is 0 Å². The van der Waals surface area contributed by atoms with E-state index in [1.54, 1.807) is 0 Å². The second-order valence-corrected chi connectivity index (χ2v) is 4.27. The van der Waals surface area contributed by atoms with Gasteiger partial charge >= 0.3 is 0 Å². The fourth-order valence-corrected chi connectivity index (χ4v) is 2.06. The Balaban J connectivity index is 2.30. The fraction of sp³-hybridized carbons (Fsp3) is 0.833. The summed E-state index contributed by atoms with van der Waals surface area (Å²) in [5.74, 6) is 2.60. The standard InChI is InChI=1S/C12H21NO/c1-3-5-6-12(14)7-10-13(9-4-2)11-8-12/h1,14H,4-11H2,2H3. The van der Waals surface area contributed by atoms with Crippen LogP contribution in [0.4, 0.5) is 0 Å². The molecule has 0 spiro atoms. The molecule has 1 heterocycles. The van der Waals surface area contributed by atoms with Crippen molar-refractivity contribution in [1.82, 2.24) is 4.90 Å². The summed E-state index contributed by atoms with van der Waals surface area (Å²) in [6.07, 6.45) is 9.64. The topological polar surface area (TPSA) is 23.5 Å². The molecule has 2 nitrogen and oxygen atoms in total. The minimum atomic E-state index is -0.476. The molecule has 80 valence electrons. The van der Waals surface area contributed by atoms with Gasteiger partial charge in [0.05, 0.1) is 5.60 Å². The van der Waals surface area contributed by atoms with E-state index < -0.39 is 5.60 Å². The van der Waals surface area contributed by atoms with Crippen LogP contribution in [0.25, 0.3) is 0 Å². The Kier molecular flexibility index (Phi) is 4.44. The van der Waals surface area contributed by atoms with Crippen molar-refractivity contribution in [2.45, 2.75) is 44.6 Å². The van der Waals surface area contributed by atoms with Crippen LogP contribution in [0, 0.1) is 12.3 Å². The summed E-state index contributed by atoms with van der Waals surface area (Å²) >= 11 is 0. The molecule has 0 saturated carbocycles. The molecule has 0 amide bonds. The molecule has 0 aromatic heterocycles. The minimum absolute atomic E-state index is 0.476. The molecule has 2 heteroatoms. The van der Waals surface area contributed by atoms with Gasteiger partial charge in [0.15, 0.2) is 0 Å². The first-order chi connectivity index (χ1) is 6.70. The highest BCUT2D eigenvalue weighted by atomic mass is 16.3. The first-order valence-electron chi connectivity index (χ1n) is 5.58. The van der Waals surface area contributed by atoms with E-state index in [0.29, 0.717) is 6.42 Å². The molecule has 0 atom stereocenters. The second kappa shape index (κ2) is 5.38. The van der Waals surface area contributed by atoms with Gasteiger partial charge in [-0.3, -0.25) is 0 Å². The van der Waals surface area contributed by atoms with Crippen LogP contribution >= 0.6 is 0 Å². The molecule has 14 heavy (non-hydrogen) atoms. The smallest absolute Gasteiger partial charge is 0.0681 e. The van der Waals surface area contributed by atoms with Crippen LogP contribution in [-0.2, 0) is 0 Å². The molecule has 1 rings (SSSR count). The number of piperidine rings is 1. The van der Waals surface area contributed by atoms with Crippen LogP contribution in [0.3, 0.4) is 0 Å². The highest BCUT2D eigenvalue weighted by molar-refractivity contribution is 4.92. The SMILES string of the molecule is C#CCCC1(O)CCN(CCC)CC1. The maximum atomic E-state index is 10.2. The minimum Gasteiger partial charge on any atom is -0.390 e. The zero-order valence-electron chi connectivity index (χ0n) is 9.13. The predicted octanol–water partition coefficient (Wildman–Crippen LogP) is 1.64. The molecule has 1 N–H and O–H groups in total. The molecule has 1 fully saturated rings. The van der Waals surface area contributed by atoms with Crippen molar-refractivity contribution >= 4 is 0 Å². The average molecular weight is 195 g/mol. The highest BCUT2D eigenvalue weighted by Crippen LogP contribution is 2.26. The van der Waals surface area contributed by atoms with Crippen molar-refractivity contribution in [2.75, 3.05) is 19.6 Å². The van der Waals surface area contributed by atoms with Crippen molar-refractivity contribution in [1.29, 1.82) is 0 Å². The Bertz CT molecular complexity index is 199. The quantitative estimate of drug-likeness (QED) is 0.689. The van der Waals surface area contributed by atoms with Crippen molar-refractivity contribution in [3.05, 3.63) is 0 Å². The third-order valence-electron chi connectivity index (χ3n) is 3.06. The molecule has 1 saturated heterocycles. The van der Waals surface area contributed by atoms with E-state index in [0.717, 1.165) is 38.9 Å². The number of likely N-dealkylation sites (tertiary alicyclic amines) is 1. The van der Waals surface area contributed by atoms with Crippen LogP contribution in [-0.4, -0.2) is 35.2 Å². The van der Waals surface area contributed by atoms with Crippen LogP contribution in [0.2, 0.25) is 0 Å². The number of aliphatic hydroxyl groups is 1. The van der Waals surface area contributed by atoms with Gasteiger partial charge in [-0.15, -0.1) is 12.3 Å². The Morgan fingerprint density at radius 2 is 2.07 bits per heavy atom. The van der Waals surface area contributed by atoms with E-state index in [1.165, 1.54) is 6.42 Å². The summed E-state index contributed by atoms with van der Waals surface area (Å²) in [4.78, 5) is 2.42. The lowest BCUT2D eigenvalue weighted by Crippen LogP contribution is -2.44. The molecule has 0 aromatic carbocycles. The number of hydrogen-bond acceptors (Lipinski definition) is 2. The predicted molar refractivity (Wildman–Crippen MR) is 59.0 cm³/mol. The van der Waals surface area contributed by atoms with Crippen molar-refractivity contribution < 1.29 is 5.11 Å². The zero-order valence-corrected chi connectivity index (χ0v) is 9.13. The van der Waals surface area contributed by atoms with Gasteiger partial charge in [-0.1, -0.05) is 6.92 Å². The largest absolute Gasteiger partial charge is 0.390 e. The molecule has 0 bridgehead atoms. The van der Waals surface area contributed by atoms with Gasteiger partial charge in [-0.05, 0) is 32.2 Å². The third-order valence-corrected chi connectivity index (χ3v) is 3.06. The van der Waals surface area contributed by atoms with Gasteiger partial charge in [-0.2, -0.15) is 0 Å². The number of hydrogen-bond donors (Lipinski definition) is 1. The summed E-state index contributed by atoms with van der Waals surface area (Å²) in [5, 5.41) is 10.2. The molecule has 0 aromatic rings. The monoisotopic (exact) mass is 195 g/mol. The van der Waals surface area contributed by atoms with Crippen molar-refractivity contribution in [3.8, 4) is 12.3 Å². The fourth-order valence-electron chi connectivity index (χ4n) is 2.06. The van der Waals surface area contributed by atoms with Gasteiger partial charge in [0.25, 0.3) is 0 Å². The lowest BCUT2D eigenvalue weighted by atomic mass is 9.87. The Hall–Kier alpha value is -0.520. The summed E-state index contributed by atoms with van der Waals surface area (Å²) < 4.78 is 0. The summed E-state index contributed by atoms with van der Waals surface area (Å²) in [5.41, 5.74) is -0.476. The highest BCUT2D eigenvalue weighted by Gasteiger charge is 2.30. The molecule has 0 radical (unpaired) electrons. The zero-order chi connectivity index (χ0) is 10.4. The van der Waals surface area contributed by atoms with Gasteiger partial charge in [0, 0.05) is 19.5 Å². The van der Waals surface area contributed by atoms with Gasteiger partial charge in [-0.25, -0.2) is 0 Å². The van der Waals surface area contributed by atoms with E-state index in [9.17, 15) is 5.11 Å². The lowest BCUT2D eigenvalue weighted by molar-refractivity contribution is -0.0263. The molecular weight excluding hydrogens is 174 g/mol. The lowest BCUT2D eigenvalue weighted by Gasteiger charge is -2.37. The first-order valence-corrected chi connectivity index (χ1v) is 5.58. The van der Waals surface area contributed by atoms with Crippen LogP contribution in [0.1, 0.15) is 39.0 Å². The van der Waals surface area contributed by atoms with E-state index in [-0.39, 0.29) is 0 Å². The normalized spacial score (nSPS) is 21.8. The number of rotatable bonds is 4. The Labute approximate surface area is 87.3 Å². The van der Waals surface area contributed by atoms with Crippen LogP contribution in [0.15, 0.2) is 0 Å². The molecule has 0 aliphatic carbocycles. The first kappa shape index (κ1) is 11.6. The maximum Gasteiger partial charge on any atom is 0.0681 e. The average Bonchev–Trinajstić information content (AvgIpc) is 2.20. The van der Waals surface area contributed by atoms with E-state index in [4.69, 9.17) is 6.42 Å². The second-order valence-electron chi connectivity index (χ2n) is 4.27. The summed E-state index contributed by atoms with van der Waals surface area (Å²) in [6, 6.07) is 0. The summed E-state index contributed by atoms with van der Waals surface area (Å²) in [7, 11) is 0. The van der Waals surface area contributed by atoms with E-state index in [2.05, 4.69) is 17.7 Å². The maximum absolute atomic E-state index is 10.2. The van der Waals surface area contributed by atoms with E-state index in [1.807, 2.05) is 0 Å². The van der Waals surface area contributed by atoms with E-state index >= 15 is 0 Å². The van der Waals surface area contributed by atoms with Crippen molar-refractivity contribution in [2.24, 2.45) is 0 Å². The van der Waals surface area contributed by atoms with Gasteiger partial charge < -0.3 is 10.0 Å². The van der Waals surface area contributed by atoms with Gasteiger partial charge in [0.1, 0.15) is 0 Å².